The Bertz CT molecular complexity index is 580. The molecule has 0 unspecified atom stereocenters. The van der Waals surface area contributed by atoms with E-state index < -0.39 is 0 Å². The summed E-state index contributed by atoms with van der Waals surface area (Å²) in [5.74, 6) is 0. The number of benzene rings is 1. The van der Waals surface area contributed by atoms with Gasteiger partial charge in [-0.25, -0.2) is 4.79 Å². The van der Waals surface area contributed by atoms with Crippen LogP contribution in [-0.2, 0) is 6.42 Å². The van der Waals surface area contributed by atoms with E-state index in [1.54, 1.807) is 0 Å². The lowest BCUT2D eigenvalue weighted by atomic mass is 10.0. The molecule has 0 spiro atoms. The molecule has 0 bridgehead atoms. The summed E-state index contributed by atoms with van der Waals surface area (Å²) in [5.41, 5.74) is 8.02. The lowest BCUT2D eigenvalue weighted by Gasteiger charge is -2.07. The fraction of sp³-hybridized carbons (Fsp3) is 0.417. The van der Waals surface area contributed by atoms with Crippen LogP contribution in [0.15, 0.2) is 27.4 Å². The number of rotatable bonds is 3. The predicted molar refractivity (Wildman–Crippen MR) is 64.8 cm³/mol. The summed E-state index contributed by atoms with van der Waals surface area (Å²) in [6.07, 6.45) is 4.19. The van der Waals surface area contributed by atoms with E-state index in [-0.39, 0.29) is 10.5 Å². The number of fused-ring (bicyclic) bond motifs is 1. The SMILES string of the molecule is NC1(CCc2cccc3oc(=O)sc23)CC1. The summed E-state index contributed by atoms with van der Waals surface area (Å²) < 4.78 is 6.07. The van der Waals surface area contributed by atoms with Crippen LogP contribution in [0.5, 0.6) is 0 Å². The molecule has 3 rings (SSSR count). The van der Waals surface area contributed by atoms with Crippen molar-refractivity contribution in [2.75, 3.05) is 0 Å². The molecule has 1 saturated carbocycles. The van der Waals surface area contributed by atoms with Gasteiger partial charge in [-0.3, -0.25) is 0 Å². The van der Waals surface area contributed by atoms with E-state index in [0.717, 1.165) is 30.4 Å². The van der Waals surface area contributed by atoms with Gasteiger partial charge in [0.25, 0.3) is 0 Å². The highest BCUT2D eigenvalue weighted by molar-refractivity contribution is 7.16. The number of hydrogen-bond donors (Lipinski definition) is 1. The molecule has 3 nitrogen and oxygen atoms in total. The highest BCUT2D eigenvalue weighted by Crippen LogP contribution is 2.37. The van der Waals surface area contributed by atoms with E-state index in [0.29, 0.717) is 5.58 Å². The Labute approximate surface area is 96.9 Å². The van der Waals surface area contributed by atoms with Crippen LogP contribution in [-0.4, -0.2) is 5.54 Å². The van der Waals surface area contributed by atoms with Gasteiger partial charge in [-0.1, -0.05) is 23.5 Å². The van der Waals surface area contributed by atoms with Gasteiger partial charge in [-0.05, 0) is 37.3 Å². The zero-order valence-electron chi connectivity index (χ0n) is 8.86. The van der Waals surface area contributed by atoms with Crippen molar-refractivity contribution in [3.8, 4) is 0 Å². The van der Waals surface area contributed by atoms with Crippen LogP contribution in [0.4, 0.5) is 0 Å². The van der Waals surface area contributed by atoms with Gasteiger partial charge in [0.1, 0.15) is 5.58 Å². The van der Waals surface area contributed by atoms with Gasteiger partial charge in [0.05, 0.1) is 4.70 Å². The summed E-state index contributed by atoms with van der Waals surface area (Å²) in [5, 5.41) is 0. The van der Waals surface area contributed by atoms with Crippen molar-refractivity contribution in [1.29, 1.82) is 0 Å². The van der Waals surface area contributed by atoms with Gasteiger partial charge in [0.2, 0.25) is 0 Å². The normalized spacial score (nSPS) is 17.8. The Balaban J connectivity index is 1.93. The smallest absolute Gasteiger partial charge is 0.396 e. The van der Waals surface area contributed by atoms with Gasteiger partial charge in [0.15, 0.2) is 0 Å². The molecule has 0 saturated heterocycles. The van der Waals surface area contributed by atoms with Crippen molar-refractivity contribution in [3.63, 3.8) is 0 Å². The molecule has 0 amide bonds. The molecule has 1 aromatic heterocycles. The largest absolute Gasteiger partial charge is 0.414 e. The molecule has 1 aliphatic rings. The molecule has 1 aliphatic carbocycles. The molecule has 1 fully saturated rings. The Morgan fingerprint density at radius 3 is 3.00 bits per heavy atom. The summed E-state index contributed by atoms with van der Waals surface area (Å²) in [6.45, 7) is 0. The number of hydrogen-bond acceptors (Lipinski definition) is 4. The molecule has 2 N–H and O–H groups in total. The first kappa shape index (κ1) is 10.1. The van der Waals surface area contributed by atoms with Crippen LogP contribution in [0.3, 0.4) is 0 Å². The first-order chi connectivity index (χ1) is 7.66. The fourth-order valence-electron chi connectivity index (χ4n) is 1.94. The van der Waals surface area contributed by atoms with Gasteiger partial charge in [0, 0.05) is 5.54 Å². The first-order valence-electron chi connectivity index (χ1n) is 5.47. The molecular formula is C12H13NO2S. The van der Waals surface area contributed by atoms with Gasteiger partial charge in [-0.2, -0.15) is 0 Å². The fourth-order valence-corrected chi connectivity index (χ4v) is 2.75. The van der Waals surface area contributed by atoms with Crippen molar-refractivity contribution in [2.24, 2.45) is 5.73 Å². The summed E-state index contributed by atoms with van der Waals surface area (Å²) >= 11 is 1.19. The predicted octanol–water partition coefficient (Wildman–Crippen LogP) is 2.28. The maximum atomic E-state index is 11.2. The van der Waals surface area contributed by atoms with Crippen molar-refractivity contribution in [1.82, 2.24) is 0 Å². The Morgan fingerprint density at radius 2 is 2.25 bits per heavy atom. The van der Waals surface area contributed by atoms with Crippen molar-refractivity contribution in [3.05, 3.63) is 33.5 Å². The van der Waals surface area contributed by atoms with Gasteiger partial charge in [-0.15, -0.1) is 0 Å². The highest BCUT2D eigenvalue weighted by atomic mass is 32.1. The van der Waals surface area contributed by atoms with Crippen LogP contribution in [0.2, 0.25) is 0 Å². The maximum absolute atomic E-state index is 11.2. The van der Waals surface area contributed by atoms with Crippen molar-refractivity contribution >= 4 is 21.6 Å². The second-order valence-electron chi connectivity index (χ2n) is 4.56. The van der Waals surface area contributed by atoms with Crippen LogP contribution < -0.4 is 10.7 Å². The second kappa shape index (κ2) is 3.43. The Morgan fingerprint density at radius 1 is 1.44 bits per heavy atom. The molecule has 84 valence electrons. The van der Waals surface area contributed by atoms with E-state index in [9.17, 15) is 4.79 Å². The minimum absolute atomic E-state index is 0.0663. The second-order valence-corrected chi connectivity index (χ2v) is 5.51. The van der Waals surface area contributed by atoms with E-state index in [1.165, 1.54) is 16.9 Å². The van der Waals surface area contributed by atoms with Crippen molar-refractivity contribution in [2.45, 2.75) is 31.2 Å². The van der Waals surface area contributed by atoms with Crippen molar-refractivity contribution < 1.29 is 4.42 Å². The maximum Gasteiger partial charge on any atom is 0.396 e. The van der Waals surface area contributed by atoms with Crippen LogP contribution in [0.1, 0.15) is 24.8 Å². The number of nitrogens with two attached hydrogens (primary N) is 1. The lowest BCUT2D eigenvalue weighted by molar-refractivity contribution is 0.584. The third-order valence-electron chi connectivity index (χ3n) is 3.22. The van der Waals surface area contributed by atoms with E-state index in [1.807, 2.05) is 12.1 Å². The molecular weight excluding hydrogens is 222 g/mol. The standard InChI is InChI=1S/C12H13NO2S/c13-12(6-7-12)5-4-8-2-1-3-9-10(8)16-11(14)15-9/h1-3H,4-7,13H2. The zero-order chi connectivity index (χ0) is 11.2. The van der Waals surface area contributed by atoms with Crippen LogP contribution in [0, 0.1) is 0 Å². The van der Waals surface area contributed by atoms with Gasteiger partial charge >= 0.3 is 4.94 Å². The van der Waals surface area contributed by atoms with E-state index >= 15 is 0 Å². The minimum atomic E-state index is -0.226. The first-order valence-corrected chi connectivity index (χ1v) is 6.28. The third-order valence-corrected chi connectivity index (χ3v) is 4.14. The third kappa shape index (κ3) is 1.79. The molecule has 0 aliphatic heterocycles. The topological polar surface area (TPSA) is 56.2 Å². The molecule has 4 heteroatoms. The van der Waals surface area contributed by atoms with Gasteiger partial charge < -0.3 is 10.2 Å². The van der Waals surface area contributed by atoms with Crippen LogP contribution in [0.25, 0.3) is 10.3 Å². The summed E-state index contributed by atoms with van der Waals surface area (Å²) in [7, 11) is 0. The quantitative estimate of drug-likeness (QED) is 0.888. The minimum Gasteiger partial charge on any atom is -0.414 e. The van der Waals surface area contributed by atoms with Crippen LogP contribution >= 0.6 is 11.3 Å². The van der Waals surface area contributed by atoms with E-state index in [4.69, 9.17) is 10.2 Å². The molecule has 16 heavy (non-hydrogen) atoms. The molecule has 0 atom stereocenters. The highest BCUT2D eigenvalue weighted by Gasteiger charge is 2.37. The zero-order valence-corrected chi connectivity index (χ0v) is 9.68. The molecule has 1 aromatic carbocycles. The average Bonchev–Trinajstić information content (AvgIpc) is 2.86. The summed E-state index contributed by atoms with van der Waals surface area (Å²) in [4.78, 5) is 11.0. The average molecular weight is 235 g/mol. The Kier molecular flexibility index (Phi) is 2.16. The number of aryl methyl sites for hydroxylation is 1. The summed E-state index contributed by atoms with van der Waals surface area (Å²) in [6, 6.07) is 5.83. The van der Waals surface area contributed by atoms with E-state index in [2.05, 4.69) is 6.07 Å². The molecule has 0 radical (unpaired) electrons. The Hall–Kier alpha value is -1.13. The molecule has 1 heterocycles. The monoisotopic (exact) mass is 235 g/mol. The molecule has 2 aromatic rings. The lowest BCUT2D eigenvalue weighted by Crippen LogP contribution is -2.22.